The highest BCUT2D eigenvalue weighted by Gasteiger charge is 2.35. The molecule has 1 aromatic carbocycles. The Labute approximate surface area is 193 Å². The van der Waals surface area contributed by atoms with Crippen LogP contribution in [0.3, 0.4) is 0 Å². The smallest absolute Gasteiger partial charge is 0.308 e. The zero-order valence-corrected chi connectivity index (χ0v) is 18.8. The van der Waals surface area contributed by atoms with Crippen molar-refractivity contribution in [2.24, 2.45) is 5.92 Å². The predicted octanol–water partition coefficient (Wildman–Crippen LogP) is 4.38. The number of aromatic nitrogens is 3. The molecule has 4 aromatic rings. The third kappa shape index (κ3) is 3.66. The van der Waals surface area contributed by atoms with Crippen LogP contribution >= 0.6 is 22.9 Å². The average molecular weight is 473 g/mol. The summed E-state index contributed by atoms with van der Waals surface area (Å²) in [6, 6.07) is 10.9. The minimum Gasteiger partial charge on any atom is -0.492 e. The van der Waals surface area contributed by atoms with Gasteiger partial charge in [-0.15, -0.1) is 5.10 Å². The molecule has 32 heavy (non-hydrogen) atoms. The molecule has 0 bridgehead atoms. The number of piperidine rings is 1. The molecule has 166 valence electrons. The summed E-state index contributed by atoms with van der Waals surface area (Å²) in [4.78, 5) is 20.0. The molecule has 8 nitrogen and oxygen atoms in total. The van der Waals surface area contributed by atoms with E-state index in [-0.39, 0.29) is 23.8 Å². The highest BCUT2D eigenvalue weighted by molar-refractivity contribution is 7.17. The van der Waals surface area contributed by atoms with Crippen molar-refractivity contribution in [3.63, 3.8) is 0 Å². The highest BCUT2D eigenvalue weighted by Crippen LogP contribution is 2.43. The van der Waals surface area contributed by atoms with E-state index in [1.54, 1.807) is 18.4 Å². The first-order chi connectivity index (χ1) is 15.6. The van der Waals surface area contributed by atoms with Crippen LogP contribution in [0.2, 0.25) is 5.02 Å². The van der Waals surface area contributed by atoms with Gasteiger partial charge in [0.1, 0.15) is 0 Å². The first-order valence-electron chi connectivity index (χ1n) is 10.3. The predicted molar refractivity (Wildman–Crippen MR) is 120 cm³/mol. The number of benzene rings is 1. The van der Waals surface area contributed by atoms with Gasteiger partial charge >= 0.3 is 5.97 Å². The van der Waals surface area contributed by atoms with E-state index >= 15 is 0 Å². The van der Waals surface area contributed by atoms with E-state index in [0.29, 0.717) is 52.4 Å². The van der Waals surface area contributed by atoms with Gasteiger partial charge in [0.05, 0.1) is 30.2 Å². The summed E-state index contributed by atoms with van der Waals surface area (Å²) in [5.41, 5.74) is 0.886. The molecule has 1 N–H and O–H groups in total. The molecule has 10 heteroatoms. The van der Waals surface area contributed by atoms with Crippen LogP contribution in [0.1, 0.15) is 29.3 Å². The number of ether oxygens (including phenoxy) is 1. The number of likely N-dealkylation sites (tertiary alicyclic amines) is 1. The molecule has 4 heterocycles. The first-order valence-corrected chi connectivity index (χ1v) is 11.4. The normalized spacial score (nSPS) is 16.4. The maximum atomic E-state index is 12.0. The summed E-state index contributed by atoms with van der Waals surface area (Å²) in [5.74, 6) is 0.682. The fourth-order valence-corrected chi connectivity index (χ4v) is 5.55. The molecular formula is C22H21ClN4O4S. The van der Waals surface area contributed by atoms with Crippen LogP contribution < -0.4 is 0 Å². The van der Waals surface area contributed by atoms with Gasteiger partial charge in [-0.1, -0.05) is 41.1 Å². The number of hydrogen-bond acceptors (Lipinski definition) is 8. The van der Waals surface area contributed by atoms with Gasteiger partial charge in [0, 0.05) is 5.02 Å². The Morgan fingerprint density at radius 2 is 2.06 bits per heavy atom. The average Bonchev–Trinajstić information content (AvgIpc) is 3.54. The van der Waals surface area contributed by atoms with Crippen LogP contribution in [0, 0.1) is 5.92 Å². The number of methoxy groups -OCH3 is 1. The van der Waals surface area contributed by atoms with Gasteiger partial charge in [0.15, 0.2) is 5.76 Å². The lowest BCUT2D eigenvalue weighted by atomic mass is 9.93. The second kappa shape index (κ2) is 8.57. The van der Waals surface area contributed by atoms with Crippen molar-refractivity contribution in [1.29, 1.82) is 0 Å². The first kappa shape index (κ1) is 21.0. The zero-order valence-electron chi connectivity index (χ0n) is 17.3. The minimum atomic E-state index is -0.289. The Hall–Kier alpha value is -2.88. The van der Waals surface area contributed by atoms with Crippen molar-refractivity contribution in [3.8, 4) is 17.5 Å². The summed E-state index contributed by atoms with van der Waals surface area (Å²) < 4.78 is 11.7. The van der Waals surface area contributed by atoms with Crippen molar-refractivity contribution in [3.05, 3.63) is 58.1 Å². The fraction of sp³-hybridized carbons (Fsp3) is 0.318. The van der Waals surface area contributed by atoms with E-state index in [4.69, 9.17) is 20.8 Å². The van der Waals surface area contributed by atoms with Crippen LogP contribution in [0.25, 0.3) is 16.5 Å². The van der Waals surface area contributed by atoms with Crippen molar-refractivity contribution in [2.45, 2.75) is 18.9 Å². The molecule has 0 aliphatic carbocycles. The SMILES string of the molecule is COC(=O)C1CCN(C(c2ccccc2Cl)c2sc3nc(-c4ccco4)nn3c2O)CC1. The number of aromatic hydroxyl groups is 1. The van der Waals surface area contributed by atoms with Crippen LogP contribution in [0.15, 0.2) is 47.1 Å². The van der Waals surface area contributed by atoms with Crippen molar-refractivity contribution < 1.29 is 19.1 Å². The van der Waals surface area contributed by atoms with Crippen molar-refractivity contribution in [1.82, 2.24) is 19.5 Å². The van der Waals surface area contributed by atoms with Gasteiger partial charge < -0.3 is 14.3 Å². The van der Waals surface area contributed by atoms with E-state index in [1.807, 2.05) is 24.3 Å². The molecule has 0 saturated carbocycles. The number of halogens is 1. The van der Waals surface area contributed by atoms with E-state index in [9.17, 15) is 9.90 Å². The zero-order chi connectivity index (χ0) is 22.2. The second-order valence-electron chi connectivity index (χ2n) is 7.65. The number of carbonyl (C=O) groups is 1. The molecule has 1 atom stereocenters. The molecule has 1 unspecified atom stereocenters. The summed E-state index contributed by atoms with van der Waals surface area (Å²) in [5, 5.41) is 16.2. The molecule has 1 fully saturated rings. The van der Waals surface area contributed by atoms with Gasteiger partial charge in [-0.25, -0.2) is 0 Å². The van der Waals surface area contributed by atoms with Gasteiger partial charge in [0.25, 0.3) is 0 Å². The molecule has 0 spiro atoms. The van der Waals surface area contributed by atoms with E-state index in [2.05, 4.69) is 15.0 Å². The minimum absolute atomic E-state index is 0.0234. The monoisotopic (exact) mass is 472 g/mol. The Morgan fingerprint density at radius 3 is 2.72 bits per heavy atom. The van der Waals surface area contributed by atoms with Crippen LogP contribution in [-0.4, -0.2) is 50.8 Å². The van der Waals surface area contributed by atoms with Crippen LogP contribution in [0.4, 0.5) is 0 Å². The van der Waals surface area contributed by atoms with E-state index in [1.165, 1.54) is 23.0 Å². The molecule has 0 amide bonds. The van der Waals surface area contributed by atoms with Crippen molar-refractivity contribution >= 4 is 33.9 Å². The number of hydrogen-bond donors (Lipinski definition) is 1. The van der Waals surface area contributed by atoms with Crippen LogP contribution in [-0.2, 0) is 9.53 Å². The lowest BCUT2D eigenvalue weighted by Gasteiger charge is -2.36. The molecular weight excluding hydrogens is 452 g/mol. The maximum absolute atomic E-state index is 12.0. The van der Waals surface area contributed by atoms with Gasteiger partial charge in [-0.05, 0) is 49.7 Å². The third-order valence-corrected chi connectivity index (χ3v) is 7.24. The van der Waals surface area contributed by atoms with Gasteiger partial charge in [-0.3, -0.25) is 9.69 Å². The lowest BCUT2D eigenvalue weighted by Crippen LogP contribution is -2.39. The number of carbonyl (C=O) groups excluding carboxylic acids is 1. The number of nitrogens with zero attached hydrogens (tertiary/aromatic N) is 4. The number of rotatable bonds is 5. The number of furan rings is 1. The fourth-order valence-electron chi connectivity index (χ4n) is 4.20. The third-order valence-electron chi connectivity index (χ3n) is 5.82. The van der Waals surface area contributed by atoms with Gasteiger partial charge in [0.2, 0.25) is 16.7 Å². The highest BCUT2D eigenvalue weighted by atomic mass is 35.5. The van der Waals surface area contributed by atoms with Crippen LogP contribution in [0.5, 0.6) is 5.88 Å². The molecule has 1 saturated heterocycles. The maximum Gasteiger partial charge on any atom is 0.308 e. The van der Waals surface area contributed by atoms with E-state index < -0.39 is 0 Å². The second-order valence-corrected chi connectivity index (χ2v) is 9.07. The Balaban J connectivity index is 1.53. The lowest BCUT2D eigenvalue weighted by molar-refractivity contribution is -0.147. The van der Waals surface area contributed by atoms with E-state index in [0.717, 1.165) is 5.56 Å². The summed E-state index contributed by atoms with van der Waals surface area (Å²) in [6.45, 7) is 1.33. The number of fused-ring (bicyclic) bond motifs is 1. The van der Waals surface area contributed by atoms with Gasteiger partial charge in [-0.2, -0.15) is 9.50 Å². The largest absolute Gasteiger partial charge is 0.492 e. The quantitative estimate of drug-likeness (QED) is 0.431. The molecule has 1 aliphatic rings. The topological polar surface area (TPSA) is 93.1 Å². The Morgan fingerprint density at radius 1 is 1.28 bits per heavy atom. The summed E-state index contributed by atoms with van der Waals surface area (Å²) >= 11 is 7.94. The number of esters is 1. The summed E-state index contributed by atoms with van der Waals surface area (Å²) in [7, 11) is 1.42. The molecule has 5 rings (SSSR count). The molecule has 0 radical (unpaired) electrons. The Bertz CT molecular complexity index is 1240. The van der Waals surface area contributed by atoms with Crippen molar-refractivity contribution in [2.75, 3.05) is 20.2 Å². The standard InChI is InChI=1S/C22H21ClN4O4S/c1-30-21(29)13-8-10-26(11-9-13)17(14-5-2-3-6-15(14)23)18-20(28)27-22(32-18)24-19(25-27)16-7-4-12-31-16/h2-7,12-13,17,28H,8-11H2,1H3. The molecule has 1 aliphatic heterocycles. The number of thiazole rings is 1. The molecule has 3 aromatic heterocycles. The summed E-state index contributed by atoms with van der Waals surface area (Å²) in [6.07, 6.45) is 2.91. The Kier molecular flexibility index (Phi) is 5.62.